The normalized spacial score (nSPS) is 21.6. The van der Waals surface area contributed by atoms with Gasteiger partial charge >= 0.3 is 5.97 Å². The SMILES string of the molecule is NCc1ccc(C(=O)NCC2CCC(C(=O)O)O2)cc1. The zero-order valence-electron chi connectivity index (χ0n) is 11.0. The Kier molecular flexibility index (Phi) is 4.70. The summed E-state index contributed by atoms with van der Waals surface area (Å²) in [7, 11) is 0. The molecular formula is C14H18N2O4. The molecule has 0 aromatic heterocycles. The van der Waals surface area contributed by atoms with Crippen LogP contribution in [0.1, 0.15) is 28.8 Å². The van der Waals surface area contributed by atoms with Crippen molar-refractivity contribution in [3.8, 4) is 0 Å². The third kappa shape index (κ3) is 3.55. The molecule has 0 saturated carbocycles. The van der Waals surface area contributed by atoms with Crippen molar-refractivity contribution in [1.29, 1.82) is 0 Å². The highest BCUT2D eigenvalue weighted by atomic mass is 16.5. The fraction of sp³-hybridized carbons (Fsp3) is 0.429. The van der Waals surface area contributed by atoms with Gasteiger partial charge in [-0.3, -0.25) is 4.79 Å². The average molecular weight is 278 g/mol. The Balaban J connectivity index is 1.81. The molecular weight excluding hydrogens is 260 g/mol. The number of rotatable bonds is 5. The fourth-order valence-corrected chi connectivity index (χ4v) is 2.14. The number of hydrogen-bond donors (Lipinski definition) is 3. The summed E-state index contributed by atoms with van der Waals surface area (Å²) in [5, 5.41) is 11.6. The second kappa shape index (κ2) is 6.49. The quantitative estimate of drug-likeness (QED) is 0.728. The van der Waals surface area contributed by atoms with Gasteiger partial charge in [0.2, 0.25) is 0 Å². The highest BCUT2D eigenvalue weighted by Crippen LogP contribution is 2.19. The zero-order chi connectivity index (χ0) is 14.5. The number of aliphatic carboxylic acids is 1. The molecule has 1 saturated heterocycles. The van der Waals surface area contributed by atoms with Gasteiger partial charge in [-0.1, -0.05) is 12.1 Å². The van der Waals surface area contributed by atoms with Gasteiger partial charge in [0.25, 0.3) is 5.91 Å². The Bertz CT molecular complexity index is 486. The molecule has 6 heteroatoms. The van der Waals surface area contributed by atoms with Crippen molar-refractivity contribution in [2.75, 3.05) is 6.54 Å². The van der Waals surface area contributed by atoms with Crippen LogP contribution in [-0.2, 0) is 16.1 Å². The van der Waals surface area contributed by atoms with Gasteiger partial charge in [-0.05, 0) is 30.5 Å². The zero-order valence-corrected chi connectivity index (χ0v) is 11.0. The third-order valence-corrected chi connectivity index (χ3v) is 3.33. The highest BCUT2D eigenvalue weighted by molar-refractivity contribution is 5.94. The number of nitrogens with two attached hydrogens (primary N) is 1. The lowest BCUT2D eigenvalue weighted by molar-refractivity contribution is -0.149. The van der Waals surface area contributed by atoms with Crippen LogP contribution >= 0.6 is 0 Å². The summed E-state index contributed by atoms with van der Waals surface area (Å²) in [6, 6.07) is 7.04. The van der Waals surface area contributed by atoms with Crippen molar-refractivity contribution in [1.82, 2.24) is 5.32 Å². The maximum atomic E-state index is 11.9. The van der Waals surface area contributed by atoms with Crippen molar-refractivity contribution in [2.45, 2.75) is 31.6 Å². The first-order valence-electron chi connectivity index (χ1n) is 6.55. The van der Waals surface area contributed by atoms with Gasteiger partial charge in [-0.15, -0.1) is 0 Å². The van der Waals surface area contributed by atoms with Gasteiger partial charge in [0.15, 0.2) is 6.10 Å². The van der Waals surface area contributed by atoms with E-state index in [0.29, 0.717) is 31.5 Å². The second-order valence-electron chi connectivity index (χ2n) is 4.77. The minimum atomic E-state index is -0.948. The first kappa shape index (κ1) is 14.5. The van der Waals surface area contributed by atoms with Crippen molar-refractivity contribution < 1.29 is 19.4 Å². The van der Waals surface area contributed by atoms with Crippen molar-refractivity contribution in [3.05, 3.63) is 35.4 Å². The predicted molar refractivity (Wildman–Crippen MR) is 72.2 cm³/mol. The Hall–Kier alpha value is -1.92. The number of hydrogen-bond acceptors (Lipinski definition) is 4. The van der Waals surface area contributed by atoms with Crippen LogP contribution in [0.15, 0.2) is 24.3 Å². The van der Waals surface area contributed by atoms with E-state index in [1.807, 2.05) is 0 Å². The van der Waals surface area contributed by atoms with Gasteiger partial charge < -0.3 is 20.9 Å². The van der Waals surface area contributed by atoms with Crippen LogP contribution in [0.4, 0.5) is 0 Å². The Morgan fingerprint density at radius 1 is 1.30 bits per heavy atom. The van der Waals surface area contributed by atoms with Crippen LogP contribution in [-0.4, -0.2) is 35.7 Å². The van der Waals surface area contributed by atoms with E-state index in [1.54, 1.807) is 24.3 Å². The maximum Gasteiger partial charge on any atom is 0.332 e. The van der Waals surface area contributed by atoms with Crippen LogP contribution in [0.25, 0.3) is 0 Å². The number of carbonyl (C=O) groups excluding carboxylic acids is 1. The van der Waals surface area contributed by atoms with E-state index >= 15 is 0 Å². The van der Waals surface area contributed by atoms with Crippen LogP contribution in [0.3, 0.4) is 0 Å². The number of carboxylic acid groups (broad SMARTS) is 1. The van der Waals surface area contributed by atoms with E-state index in [1.165, 1.54) is 0 Å². The summed E-state index contributed by atoms with van der Waals surface area (Å²) in [5.74, 6) is -1.15. The number of carbonyl (C=O) groups is 2. The van der Waals surface area contributed by atoms with E-state index in [-0.39, 0.29) is 12.0 Å². The smallest absolute Gasteiger partial charge is 0.332 e. The van der Waals surface area contributed by atoms with Gasteiger partial charge in [0.05, 0.1) is 6.10 Å². The minimum Gasteiger partial charge on any atom is -0.479 e. The molecule has 1 amide bonds. The third-order valence-electron chi connectivity index (χ3n) is 3.33. The van der Waals surface area contributed by atoms with Crippen LogP contribution < -0.4 is 11.1 Å². The number of amides is 1. The van der Waals surface area contributed by atoms with Crippen molar-refractivity contribution in [2.24, 2.45) is 5.73 Å². The largest absolute Gasteiger partial charge is 0.479 e. The van der Waals surface area contributed by atoms with E-state index in [2.05, 4.69) is 5.32 Å². The molecule has 1 aliphatic rings. The molecule has 0 aliphatic carbocycles. The number of benzene rings is 1. The molecule has 1 fully saturated rings. The summed E-state index contributed by atoms with van der Waals surface area (Å²) in [6.45, 7) is 0.760. The molecule has 0 radical (unpaired) electrons. The maximum absolute atomic E-state index is 11.9. The number of carboxylic acids is 1. The summed E-state index contributed by atoms with van der Waals surface area (Å²) < 4.78 is 5.31. The van der Waals surface area contributed by atoms with Crippen molar-refractivity contribution in [3.63, 3.8) is 0 Å². The molecule has 0 spiro atoms. The van der Waals surface area contributed by atoms with Crippen LogP contribution in [0.5, 0.6) is 0 Å². The van der Waals surface area contributed by atoms with Gasteiger partial charge in [-0.25, -0.2) is 4.79 Å². The van der Waals surface area contributed by atoms with Crippen molar-refractivity contribution >= 4 is 11.9 Å². The Labute approximate surface area is 116 Å². The fourth-order valence-electron chi connectivity index (χ4n) is 2.14. The van der Waals surface area contributed by atoms with E-state index in [0.717, 1.165) is 5.56 Å². The highest BCUT2D eigenvalue weighted by Gasteiger charge is 2.30. The molecule has 2 rings (SSSR count). The summed E-state index contributed by atoms with van der Waals surface area (Å²) in [6.07, 6.45) is 0.147. The summed E-state index contributed by atoms with van der Waals surface area (Å²) >= 11 is 0. The summed E-state index contributed by atoms with van der Waals surface area (Å²) in [4.78, 5) is 22.6. The molecule has 1 heterocycles. The molecule has 108 valence electrons. The first-order chi connectivity index (χ1) is 9.60. The Morgan fingerprint density at radius 3 is 2.55 bits per heavy atom. The lowest BCUT2D eigenvalue weighted by Crippen LogP contribution is -2.33. The minimum absolute atomic E-state index is 0.198. The predicted octanol–water partition coefficient (Wildman–Crippen LogP) is 0.507. The lowest BCUT2D eigenvalue weighted by atomic mass is 10.1. The van der Waals surface area contributed by atoms with Gasteiger partial charge in [-0.2, -0.15) is 0 Å². The molecule has 6 nitrogen and oxygen atoms in total. The molecule has 1 aliphatic heterocycles. The molecule has 2 atom stereocenters. The molecule has 4 N–H and O–H groups in total. The average Bonchev–Trinajstić information content (AvgIpc) is 2.94. The summed E-state index contributed by atoms with van der Waals surface area (Å²) in [5.41, 5.74) is 7.00. The van der Waals surface area contributed by atoms with Gasteiger partial charge in [0, 0.05) is 18.7 Å². The van der Waals surface area contributed by atoms with Crippen LogP contribution in [0.2, 0.25) is 0 Å². The van der Waals surface area contributed by atoms with E-state index < -0.39 is 12.1 Å². The topological polar surface area (TPSA) is 102 Å². The number of ether oxygens (including phenoxy) is 1. The second-order valence-corrected chi connectivity index (χ2v) is 4.77. The molecule has 2 unspecified atom stereocenters. The lowest BCUT2D eigenvalue weighted by Gasteiger charge is -2.12. The molecule has 20 heavy (non-hydrogen) atoms. The standard InChI is InChI=1S/C14H18N2O4/c15-7-9-1-3-10(4-2-9)13(17)16-8-11-5-6-12(20-11)14(18)19/h1-4,11-12H,5-8,15H2,(H,16,17)(H,18,19). The Morgan fingerprint density at radius 2 is 2.00 bits per heavy atom. The van der Waals surface area contributed by atoms with Gasteiger partial charge in [0.1, 0.15) is 0 Å². The number of nitrogens with one attached hydrogen (secondary N) is 1. The monoisotopic (exact) mass is 278 g/mol. The molecule has 1 aromatic rings. The van der Waals surface area contributed by atoms with E-state index in [9.17, 15) is 9.59 Å². The van der Waals surface area contributed by atoms with Crippen LogP contribution in [0, 0.1) is 0 Å². The van der Waals surface area contributed by atoms with E-state index in [4.69, 9.17) is 15.6 Å². The molecule has 1 aromatic carbocycles. The first-order valence-corrected chi connectivity index (χ1v) is 6.55. The molecule has 0 bridgehead atoms.